The Balaban J connectivity index is 1.47. The molecule has 0 radical (unpaired) electrons. The summed E-state index contributed by atoms with van der Waals surface area (Å²) < 4.78 is 5.84. The zero-order chi connectivity index (χ0) is 18.9. The molecule has 0 N–H and O–H groups in total. The largest absolute Gasteiger partial charge is 0.494 e. The quantitative estimate of drug-likeness (QED) is 0.629. The summed E-state index contributed by atoms with van der Waals surface area (Å²) in [4.78, 5) is 4.80. The van der Waals surface area contributed by atoms with Crippen molar-refractivity contribution < 1.29 is 4.74 Å². The molecule has 2 aromatic rings. The molecule has 4 nitrogen and oxygen atoms in total. The van der Waals surface area contributed by atoms with Crippen molar-refractivity contribution >= 4 is 11.4 Å². The lowest BCUT2D eigenvalue weighted by molar-refractivity contribution is 0.305. The Kier molecular flexibility index (Phi) is 6.98. The van der Waals surface area contributed by atoms with Crippen LogP contribution in [0.4, 0.5) is 11.4 Å². The minimum atomic E-state index is 0.713. The van der Waals surface area contributed by atoms with E-state index in [1.54, 1.807) is 0 Å². The van der Waals surface area contributed by atoms with Crippen LogP contribution < -0.4 is 14.5 Å². The SMILES string of the molecule is CCCCCCOc1ccc(N2CCN(c3ccc(C#N)cc3)CC2)cc1. The lowest BCUT2D eigenvalue weighted by Gasteiger charge is -2.37. The van der Waals surface area contributed by atoms with Crippen LogP contribution in [-0.2, 0) is 0 Å². The monoisotopic (exact) mass is 363 g/mol. The van der Waals surface area contributed by atoms with Crippen molar-refractivity contribution in [1.29, 1.82) is 5.26 Å². The second-order valence-corrected chi connectivity index (χ2v) is 7.04. The number of nitrogens with zero attached hydrogens (tertiary/aromatic N) is 3. The summed E-state index contributed by atoms with van der Waals surface area (Å²) in [5, 5.41) is 8.92. The molecule has 3 rings (SSSR count). The predicted molar refractivity (Wildman–Crippen MR) is 112 cm³/mol. The van der Waals surface area contributed by atoms with Crippen molar-refractivity contribution in [3.05, 3.63) is 54.1 Å². The van der Waals surface area contributed by atoms with E-state index in [1.807, 2.05) is 24.3 Å². The van der Waals surface area contributed by atoms with Crippen molar-refractivity contribution in [3.63, 3.8) is 0 Å². The van der Waals surface area contributed by atoms with Crippen molar-refractivity contribution in [2.45, 2.75) is 32.6 Å². The number of piperazine rings is 1. The van der Waals surface area contributed by atoms with Gasteiger partial charge in [-0.1, -0.05) is 26.2 Å². The number of rotatable bonds is 8. The van der Waals surface area contributed by atoms with Gasteiger partial charge in [-0.2, -0.15) is 5.26 Å². The zero-order valence-electron chi connectivity index (χ0n) is 16.2. The molecule has 2 aromatic carbocycles. The van der Waals surface area contributed by atoms with Gasteiger partial charge in [-0.15, -0.1) is 0 Å². The standard InChI is InChI=1S/C23H29N3O/c1-2-3-4-5-18-27-23-12-10-22(11-13-23)26-16-14-25(15-17-26)21-8-6-20(19-24)7-9-21/h6-13H,2-5,14-18H2,1H3. The summed E-state index contributed by atoms with van der Waals surface area (Å²) >= 11 is 0. The normalized spacial score (nSPS) is 14.1. The van der Waals surface area contributed by atoms with E-state index >= 15 is 0 Å². The fourth-order valence-corrected chi connectivity index (χ4v) is 3.44. The molecule has 0 aliphatic carbocycles. The molecule has 4 heteroatoms. The minimum Gasteiger partial charge on any atom is -0.494 e. The highest BCUT2D eigenvalue weighted by Crippen LogP contribution is 2.23. The van der Waals surface area contributed by atoms with Gasteiger partial charge in [-0.25, -0.2) is 0 Å². The van der Waals surface area contributed by atoms with Crippen molar-refractivity contribution in [3.8, 4) is 11.8 Å². The van der Waals surface area contributed by atoms with Crippen molar-refractivity contribution in [1.82, 2.24) is 0 Å². The third-order valence-electron chi connectivity index (χ3n) is 5.11. The number of anilines is 2. The lowest BCUT2D eigenvalue weighted by atomic mass is 10.2. The average Bonchev–Trinajstić information content (AvgIpc) is 2.74. The summed E-state index contributed by atoms with van der Waals surface area (Å²) in [6.45, 7) is 7.00. The summed E-state index contributed by atoms with van der Waals surface area (Å²) in [6, 6.07) is 18.5. The molecule has 0 aromatic heterocycles. The number of hydrogen-bond donors (Lipinski definition) is 0. The van der Waals surface area contributed by atoms with Crippen LogP contribution in [0.15, 0.2) is 48.5 Å². The van der Waals surface area contributed by atoms with E-state index in [0.29, 0.717) is 5.56 Å². The molecular formula is C23H29N3O. The molecule has 1 fully saturated rings. The van der Waals surface area contributed by atoms with Crippen LogP contribution in [0, 0.1) is 11.3 Å². The second kappa shape index (κ2) is 9.87. The van der Waals surface area contributed by atoms with Gasteiger partial charge < -0.3 is 14.5 Å². The number of hydrogen-bond acceptors (Lipinski definition) is 4. The van der Waals surface area contributed by atoms with Crippen LogP contribution in [0.3, 0.4) is 0 Å². The molecule has 0 unspecified atom stereocenters. The Hall–Kier alpha value is -2.67. The van der Waals surface area contributed by atoms with Crippen LogP contribution in [0.1, 0.15) is 38.2 Å². The highest BCUT2D eigenvalue weighted by molar-refractivity contribution is 5.54. The summed E-state index contributed by atoms with van der Waals surface area (Å²) in [5.74, 6) is 0.964. The highest BCUT2D eigenvalue weighted by atomic mass is 16.5. The number of ether oxygens (including phenoxy) is 1. The van der Waals surface area contributed by atoms with E-state index < -0.39 is 0 Å². The first-order valence-electron chi connectivity index (χ1n) is 10.0. The fraction of sp³-hybridized carbons (Fsp3) is 0.435. The number of unbranched alkanes of at least 4 members (excludes halogenated alkanes) is 3. The number of benzene rings is 2. The molecule has 0 amide bonds. The molecular weight excluding hydrogens is 334 g/mol. The van der Waals surface area contributed by atoms with Gasteiger partial charge in [0.25, 0.3) is 0 Å². The molecule has 0 atom stereocenters. The van der Waals surface area contributed by atoms with Gasteiger partial charge in [0.1, 0.15) is 5.75 Å². The number of nitriles is 1. The maximum Gasteiger partial charge on any atom is 0.119 e. The van der Waals surface area contributed by atoms with Gasteiger partial charge >= 0.3 is 0 Å². The van der Waals surface area contributed by atoms with Crippen LogP contribution >= 0.6 is 0 Å². The molecule has 0 bridgehead atoms. The van der Waals surface area contributed by atoms with Gasteiger partial charge in [-0.05, 0) is 55.0 Å². The molecule has 0 saturated carbocycles. The van der Waals surface area contributed by atoms with E-state index in [4.69, 9.17) is 10.00 Å². The fourth-order valence-electron chi connectivity index (χ4n) is 3.44. The first-order chi connectivity index (χ1) is 13.3. The first-order valence-corrected chi connectivity index (χ1v) is 10.0. The van der Waals surface area contributed by atoms with Crippen molar-refractivity contribution in [2.75, 3.05) is 42.6 Å². The van der Waals surface area contributed by atoms with Gasteiger partial charge in [0.05, 0.1) is 18.2 Å². The first kappa shape index (κ1) is 19.1. The maximum atomic E-state index is 8.92. The Morgan fingerprint density at radius 2 is 1.37 bits per heavy atom. The second-order valence-electron chi connectivity index (χ2n) is 7.04. The molecule has 1 aliphatic rings. The summed E-state index contributed by atoms with van der Waals surface area (Å²) in [5.41, 5.74) is 3.17. The lowest BCUT2D eigenvalue weighted by Crippen LogP contribution is -2.46. The Morgan fingerprint density at radius 3 is 1.89 bits per heavy atom. The van der Waals surface area contributed by atoms with E-state index in [2.05, 4.69) is 47.1 Å². The summed E-state index contributed by atoms with van der Waals surface area (Å²) in [6.07, 6.45) is 4.93. The van der Waals surface area contributed by atoms with Crippen LogP contribution in [0.25, 0.3) is 0 Å². The van der Waals surface area contributed by atoms with Crippen molar-refractivity contribution in [2.24, 2.45) is 0 Å². The topological polar surface area (TPSA) is 39.5 Å². The van der Waals surface area contributed by atoms with E-state index in [9.17, 15) is 0 Å². The van der Waals surface area contributed by atoms with Crippen LogP contribution in [0.2, 0.25) is 0 Å². The molecule has 0 spiro atoms. The van der Waals surface area contributed by atoms with Gasteiger partial charge in [0.15, 0.2) is 0 Å². The van der Waals surface area contributed by atoms with Crippen LogP contribution in [0.5, 0.6) is 5.75 Å². The molecule has 1 heterocycles. The van der Waals surface area contributed by atoms with E-state index in [1.165, 1.54) is 30.6 Å². The zero-order valence-corrected chi connectivity index (χ0v) is 16.2. The van der Waals surface area contributed by atoms with E-state index in [-0.39, 0.29) is 0 Å². The predicted octanol–water partition coefficient (Wildman–Crippen LogP) is 4.84. The van der Waals surface area contributed by atoms with Crippen LogP contribution in [-0.4, -0.2) is 32.8 Å². The average molecular weight is 364 g/mol. The molecule has 1 aliphatic heterocycles. The minimum absolute atomic E-state index is 0.713. The smallest absolute Gasteiger partial charge is 0.119 e. The molecule has 1 saturated heterocycles. The summed E-state index contributed by atoms with van der Waals surface area (Å²) in [7, 11) is 0. The van der Waals surface area contributed by atoms with Gasteiger partial charge in [-0.3, -0.25) is 0 Å². The maximum absolute atomic E-state index is 8.92. The third kappa shape index (κ3) is 5.40. The van der Waals surface area contributed by atoms with Gasteiger partial charge in [0.2, 0.25) is 0 Å². The van der Waals surface area contributed by atoms with Gasteiger partial charge in [0, 0.05) is 37.6 Å². The van der Waals surface area contributed by atoms with E-state index in [0.717, 1.165) is 45.0 Å². The highest BCUT2D eigenvalue weighted by Gasteiger charge is 2.17. The molecule has 142 valence electrons. The third-order valence-corrected chi connectivity index (χ3v) is 5.11. The Labute approximate surface area is 163 Å². The Bertz CT molecular complexity index is 726. The molecule has 27 heavy (non-hydrogen) atoms. The Morgan fingerprint density at radius 1 is 0.815 bits per heavy atom.